The molecule has 36 heavy (non-hydrogen) atoms. The Kier molecular flexibility index (Phi) is 6.88. The van der Waals surface area contributed by atoms with Crippen LogP contribution in [0, 0.1) is 0 Å². The zero-order valence-electron chi connectivity index (χ0n) is 18.6. The van der Waals surface area contributed by atoms with Gasteiger partial charge in [0.15, 0.2) is 11.3 Å². The molecule has 0 amide bonds. The van der Waals surface area contributed by atoms with Gasteiger partial charge in [-0.05, 0) is 13.0 Å². The molecule has 4 rings (SSSR count). The number of aromatic nitrogens is 6. The molecule has 0 unspecified atom stereocenters. The Morgan fingerprint density at radius 2 is 1.81 bits per heavy atom. The second-order valence-electron chi connectivity index (χ2n) is 7.92. The summed E-state index contributed by atoms with van der Waals surface area (Å²) < 4.78 is 90.0. The van der Waals surface area contributed by atoms with Crippen LogP contribution in [0.1, 0.15) is 29.4 Å². The van der Waals surface area contributed by atoms with E-state index < -0.39 is 40.9 Å². The molecule has 3 aromatic rings. The normalized spacial score (nSPS) is 15.0. The number of alkyl halides is 6. The molecule has 1 N–H and O–H groups in total. The maximum atomic E-state index is 13.1. The lowest BCUT2D eigenvalue weighted by Gasteiger charge is -2.27. The van der Waals surface area contributed by atoms with Crippen LogP contribution in [0.15, 0.2) is 29.5 Å². The van der Waals surface area contributed by atoms with Gasteiger partial charge in [-0.1, -0.05) is 0 Å². The largest absolute Gasteiger partial charge is 0.486 e. The molecule has 0 bridgehead atoms. The number of hydrogen-bond donors (Lipinski definition) is 1. The van der Waals surface area contributed by atoms with Crippen molar-refractivity contribution in [3.63, 3.8) is 0 Å². The average Bonchev–Trinajstić information content (AvgIpc) is 3.19. The summed E-state index contributed by atoms with van der Waals surface area (Å²) in [6.07, 6.45) is -8.03. The van der Waals surface area contributed by atoms with E-state index in [0.29, 0.717) is 25.3 Å². The first-order valence-electron chi connectivity index (χ1n) is 10.5. The Labute approximate surface area is 198 Å². The first kappa shape index (κ1) is 25.4. The minimum Gasteiger partial charge on any atom is -0.486 e. The second kappa shape index (κ2) is 9.75. The number of hydrogen-bond acceptors (Lipinski definition) is 8. The fraction of sp³-hybridized carbons (Fsp3) is 0.450. The van der Waals surface area contributed by atoms with E-state index >= 15 is 0 Å². The molecule has 3 aromatic heterocycles. The molecule has 0 spiro atoms. The van der Waals surface area contributed by atoms with Crippen molar-refractivity contribution in [3.05, 3.63) is 57.5 Å². The molecule has 0 fully saturated rings. The van der Waals surface area contributed by atoms with Gasteiger partial charge in [0.05, 0.1) is 49.5 Å². The molecule has 0 aromatic carbocycles. The monoisotopic (exact) mass is 519 g/mol. The Hall–Kier alpha value is -3.69. The molecule has 0 radical (unpaired) electrons. The summed E-state index contributed by atoms with van der Waals surface area (Å²) in [5, 5.41) is 9.46. The number of fused-ring (bicyclic) bond motifs is 1. The summed E-state index contributed by atoms with van der Waals surface area (Å²) in [5.74, 6) is -0.544. The van der Waals surface area contributed by atoms with Gasteiger partial charge in [0, 0.05) is 18.9 Å². The quantitative estimate of drug-likeness (QED) is 0.475. The topological polar surface area (TPSA) is 111 Å². The summed E-state index contributed by atoms with van der Waals surface area (Å²) in [6, 6.07) is 1.74. The predicted octanol–water partition coefficient (Wildman–Crippen LogP) is 2.80. The summed E-state index contributed by atoms with van der Waals surface area (Å²) in [4.78, 5) is 20.8. The van der Waals surface area contributed by atoms with Gasteiger partial charge in [0.2, 0.25) is 5.95 Å². The Balaban J connectivity index is 1.32. The minimum absolute atomic E-state index is 0.0320. The van der Waals surface area contributed by atoms with Crippen LogP contribution in [0.2, 0.25) is 0 Å². The summed E-state index contributed by atoms with van der Waals surface area (Å²) in [5.41, 5.74) is -2.52. The van der Waals surface area contributed by atoms with Crippen LogP contribution in [0.3, 0.4) is 0 Å². The lowest BCUT2D eigenvalue weighted by Crippen LogP contribution is -2.35. The van der Waals surface area contributed by atoms with E-state index in [1.165, 1.54) is 6.92 Å². The third kappa shape index (κ3) is 5.75. The van der Waals surface area contributed by atoms with Crippen LogP contribution >= 0.6 is 0 Å². The van der Waals surface area contributed by atoms with Crippen LogP contribution in [-0.2, 0) is 36.8 Å². The van der Waals surface area contributed by atoms with Crippen molar-refractivity contribution in [2.24, 2.45) is 0 Å². The molecule has 194 valence electrons. The van der Waals surface area contributed by atoms with Crippen molar-refractivity contribution in [1.29, 1.82) is 0 Å². The van der Waals surface area contributed by atoms with E-state index in [9.17, 15) is 31.1 Å². The fourth-order valence-corrected chi connectivity index (χ4v) is 3.52. The van der Waals surface area contributed by atoms with Crippen molar-refractivity contribution in [3.8, 4) is 5.75 Å². The number of anilines is 1. The number of rotatable bonds is 7. The maximum Gasteiger partial charge on any atom is 0.425 e. The number of halogens is 6. The lowest BCUT2D eigenvalue weighted by molar-refractivity contribution is -0.141. The number of ether oxygens (including phenoxy) is 2. The standard InChI is InChI=1S/C20H19F6N7O3/c1-11(36-15-7-29-30-17(34)16(15)20(24,25)26)9-35-10-13-4-14-8-32(2-3-33(14)31-13)18-27-5-12(6-28-18)19(21,22)23/h4-7,11H,2-3,8-10H2,1H3,(H,30,34)/t11-/m0/s1. The molecular formula is C20H19F6N7O3. The van der Waals surface area contributed by atoms with Crippen molar-refractivity contribution in [1.82, 2.24) is 29.9 Å². The first-order valence-corrected chi connectivity index (χ1v) is 10.5. The molecule has 0 saturated heterocycles. The van der Waals surface area contributed by atoms with E-state index in [0.717, 1.165) is 24.3 Å². The fourth-order valence-electron chi connectivity index (χ4n) is 3.52. The molecule has 0 saturated carbocycles. The van der Waals surface area contributed by atoms with Gasteiger partial charge >= 0.3 is 12.4 Å². The molecule has 16 heteroatoms. The highest BCUT2D eigenvalue weighted by Crippen LogP contribution is 2.33. The van der Waals surface area contributed by atoms with Gasteiger partial charge in [0.25, 0.3) is 5.56 Å². The van der Waals surface area contributed by atoms with Crippen LogP contribution in [0.5, 0.6) is 5.75 Å². The molecule has 1 aliphatic heterocycles. The number of nitrogens with one attached hydrogen (secondary N) is 1. The number of aromatic amines is 1. The van der Waals surface area contributed by atoms with Crippen molar-refractivity contribution >= 4 is 5.95 Å². The number of H-pyrrole nitrogens is 1. The van der Waals surface area contributed by atoms with Crippen LogP contribution in [0.4, 0.5) is 32.3 Å². The smallest absolute Gasteiger partial charge is 0.425 e. The van der Waals surface area contributed by atoms with Gasteiger partial charge in [-0.2, -0.15) is 36.5 Å². The SMILES string of the molecule is C[C@@H](COCc1cc2n(n1)CCN(c1ncc(C(F)(F)F)cn1)C2)Oc1cn[nH]c(=O)c1C(F)(F)F. The summed E-state index contributed by atoms with van der Waals surface area (Å²) in [6.45, 7) is 2.59. The highest BCUT2D eigenvalue weighted by Gasteiger charge is 2.38. The Bertz CT molecular complexity index is 1260. The van der Waals surface area contributed by atoms with E-state index in [4.69, 9.17) is 9.47 Å². The first-order chi connectivity index (χ1) is 16.9. The molecule has 1 atom stereocenters. The molecular weight excluding hydrogens is 500 g/mol. The van der Waals surface area contributed by atoms with Crippen LogP contribution < -0.4 is 15.2 Å². The van der Waals surface area contributed by atoms with Gasteiger partial charge in [-0.25, -0.2) is 15.1 Å². The Morgan fingerprint density at radius 3 is 2.47 bits per heavy atom. The maximum absolute atomic E-state index is 13.1. The van der Waals surface area contributed by atoms with Gasteiger partial charge in [0.1, 0.15) is 6.10 Å². The van der Waals surface area contributed by atoms with Crippen molar-refractivity contribution in [2.45, 2.75) is 45.1 Å². The average molecular weight is 519 g/mol. The highest BCUT2D eigenvalue weighted by atomic mass is 19.4. The third-order valence-electron chi connectivity index (χ3n) is 5.13. The van der Waals surface area contributed by atoms with Crippen molar-refractivity contribution in [2.75, 3.05) is 18.1 Å². The Morgan fingerprint density at radius 1 is 1.08 bits per heavy atom. The van der Waals surface area contributed by atoms with E-state index in [1.807, 2.05) is 0 Å². The van der Waals surface area contributed by atoms with Gasteiger partial charge in [-0.3, -0.25) is 9.48 Å². The third-order valence-corrected chi connectivity index (χ3v) is 5.13. The minimum atomic E-state index is -4.92. The lowest BCUT2D eigenvalue weighted by atomic mass is 10.2. The molecule has 4 heterocycles. The van der Waals surface area contributed by atoms with E-state index in [-0.39, 0.29) is 19.2 Å². The molecule has 0 aliphatic carbocycles. The molecule has 10 nitrogen and oxygen atoms in total. The van der Waals surface area contributed by atoms with Gasteiger partial charge in [-0.15, -0.1) is 0 Å². The second-order valence-corrected chi connectivity index (χ2v) is 7.92. The zero-order valence-corrected chi connectivity index (χ0v) is 18.6. The number of nitrogens with zero attached hydrogens (tertiary/aromatic N) is 6. The predicted molar refractivity (Wildman–Crippen MR) is 110 cm³/mol. The summed E-state index contributed by atoms with van der Waals surface area (Å²) in [7, 11) is 0. The van der Waals surface area contributed by atoms with Gasteiger partial charge < -0.3 is 14.4 Å². The van der Waals surface area contributed by atoms with Crippen molar-refractivity contribution < 1.29 is 35.8 Å². The van der Waals surface area contributed by atoms with Crippen LogP contribution in [-0.4, -0.2) is 49.2 Å². The van der Waals surface area contributed by atoms with E-state index in [2.05, 4.69) is 20.2 Å². The summed E-state index contributed by atoms with van der Waals surface area (Å²) >= 11 is 0. The van der Waals surface area contributed by atoms with Crippen LogP contribution in [0.25, 0.3) is 0 Å². The van der Waals surface area contributed by atoms with E-state index in [1.54, 1.807) is 20.7 Å². The highest BCUT2D eigenvalue weighted by molar-refractivity contribution is 5.33. The zero-order chi connectivity index (χ0) is 26.1. The molecule has 1 aliphatic rings.